The molecule has 0 radical (unpaired) electrons. The molecule has 0 heterocycles. The quantitative estimate of drug-likeness (QED) is 0.802. The number of ether oxygens (including phenoxy) is 2. The number of nitrogens with two attached hydrogens (primary N) is 1. The smallest absolute Gasteiger partial charge is 0.122 e. The van der Waals surface area contributed by atoms with Crippen LogP contribution in [0.4, 0.5) is 0 Å². The van der Waals surface area contributed by atoms with Gasteiger partial charge in [0.05, 0.1) is 6.10 Å². The highest BCUT2D eigenvalue weighted by Gasteiger charge is 2.07. The lowest BCUT2D eigenvalue weighted by molar-refractivity contribution is 0.0713. The minimum Gasteiger partial charge on any atom is -0.491 e. The maximum absolute atomic E-state index is 5.80. The molecule has 2 atom stereocenters. The first kappa shape index (κ1) is 13.0. The van der Waals surface area contributed by atoms with Gasteiger partial charge in [0.15, 0.2) is 0 Å². The van der Waals surface area contributed by atoms with Crippen molar-refractivity contribution in [1.82, 2.24) is 0 Å². The van der Waals surface area contributed by atoms with E-state index in [0.717, 1.165) is 17.7 Å². The number of methoxy groups -OCH3 is 1. The predicted octanol–water partition coefficient (Wildman–Crippen LogP) is 1.99. The predicted molar refractivity (Wildman–Crippen MR) is 65.8 cm³/mol. The van der Waals surface area contributed by atoms with Crippen LogP contribution in [0.2, 0.25) is 0 Å². The molecule has 0 amide bonds. The van der Waals surface area contributed by atoms with E-state index in [1.807, 2.05) is 32.0 Å². The third-order valence-electron chi connectivity index (χ3n) is 2.39. The summed E-state index contributed by atoms with van der Waals surface area (Å²) in [5.41, 5.74) is 6.95. The van der Waals surface area contributed by atoms with Gasteiger partial charge in [-0.3, -0.25) is 0 Å². The fraction of sp³-hybridized carbons (Fsp3) is 0.538. The molecule has 0 aromatic heterocycles. The van der Waals surface area contributed by atoms with Crippen LogP contribution in [0.15, 0.2) is 24.3 Å². The SMILES string of the molecule is COC(C)COc1ccccc1CC(C)N. The summed E-state index contributed by atoms with van der Waals surface area (Å²) in [7, 11) is 1.68. The van der Waals surface area contributed by atoms with Crippen molar-refractivity contribution in [2.75, 3.05) is 13.7 Å². The molecule has 0 saturated carbocycles. The fourth-order valence-corrected chi connectivity index (χ4v) is 1.44. The van der Waals surface area contributed by atoms with Crippen molar-refractivity contribution in [3.05, 3.63) is 29.8 Å². The summed E-state index contributed by atoms with van der Waals surface area (Å²) >= 11 is 0. The standard InChI is InChI=1S/C13H21NO2/c1-10(14)8-12-6-4-5-7-13(12)16-9-11(2)15-3/h4-7,10-11H,8-9,14H2,1-3H3. The van der Waals surface area contributed by atoms with Gasteiger partial charge in [-0.15, -0.1) is 0 Å². The Bertz CT molecular complexity index is 313. The van der Waals surface area contributed by atoms with Gasteiger partial charge >= 0.3 is 0 Å². The topological polar surface area (TPSA) is 44.5 Å². The minimum absolute atomic E-state index is 0.100. The molecule has 1 aromatic carbocycles. The molecule has 16 heavy (non-hydrogen) atoms. The molecule has 1 rings (SSSR count). The van der Waals surface area contributed by atoms with Crippen LogP contribution >= 0.6 is 0 Å². The zero-order valence-corrected chi connectivity index (χ0v) is 10.3. The number of hydrogen-bond donors (Lipinski definition) is 1. The summed E-state index contributed by atoms with van der Waals surface area (Å²) in [5, 5.41) is 0. The average molecular weight is 223 g/mol. The van der Waals surface area contributed by atoms with E-state index in [0.29, 0.717) is 6.61 Å². The second kappa shape index (κ2) is 6.51. The van der Waals surface area contributed by atoms with E-state index < -0.39 is 0 Å². The van der Waals surface area contributed by atoms with Crippen LogP contribution in [-0.4, -0.2) is 25.9 Å². The first-order valence-electron chi connectivity index (χ1n) is 5.62. The summed E-state index contributed by atoms with van der Waals surface area (Å²) in [6, 6.07) is 8.14. The van der Waals surface area contributed by atoms with Crippen LogP contribution in [0.1, 0.15) is 19.4 Å². The lowest BCUT2D eigenvalue weighted by atomic mass is 10.1. The minimum atomic E-state index is 0.100. The van der Waals surface area contributed by atoms with Crippen molar-refractivity contribution in [3.63, 3.8) is 0 Å². The normalized spacial score (nSPS) is 14.5. The van der Waals surface area contributed by atoms with Gasteiger partial charge in [0.2, 0.25) is 0 Å². The first-order chi connectivity index (χ1) is 7.63. The van der Waals surface area contributed by atoms with Crippen molar-refractivity contribution < 1.29 is 9.47 Å². The van der Waals surface area contributed by atoms with Crippen molar-refractivity contribution in [2.24, 2.45) is 5.73 Å². The molecule has 0 bridgehead atoms. The summed E-state index contributed by atoms with van der Waals surface area (Å²) in [4.78, 5) is 0. The number of hydrogen-bond acceptors (Lipinski definition) is 3. The zero-order chi connectivity index (χ0) is 12.0. The Hall–Kier alpha value is -1.06. The van der Waals surface area contributed by atoms with Crippen LogP contribution in [0, 0.1) is 0 Å². The summed E-state index contributed by atoms with van der Waals surface area (Å²) in [6.07, 6.45) is 0.931. The van der Waals surface area contributed by atoms with E-state index in [1.54, 1.807) is 7.11 Å². The van der Waals surface area contributed by atoms with Crippen LogP contribution in [0.25, 0.3) is 0 Å². The zero-order valence-electron chi connectivity index (χ0n) is 10.3. The number of benzene rings is 1. The summed E-state index contributed by atoms with van der Waals surface area (Å²) in [5.74, 6) is 0.906. The Morgan fingerprint density at radius 2 is 1.94 bits per heavy atom. The van der Waals surface area contributed by atoms with Gasteiger partial charge in [-0.2, -0.15) is 0 Å². The lowest BCUT2D eigenvalue weighted by Crippen LogP contribution is -2.20. The maximum Gasteiger partial charge on any atom is 0.122 e. The summed E-state index contributed by atoms with van der Waals surface area (Å²) in [6.45, 7) is 4.54. The molecular formula is C13H21NO2. The molecule has 0 aliphatic heterocycles. The highest BCUT2D eigenvalue weighted by molar-refractivity contribution is 5.33. The van der Waals surface area contributed by atoms with Gasteiger partial charge in [0.25, 0.3) is 0 Å². The molecule has 90 valence electrons. The van der Waals surface area contributed by atoms with Crippen LogP contribution in [0.3, 0.4) is 0 Å². The van der Waals surface area contributed by atoms with Crippen molar-refractivity contribution in [2.45, 2.75) is 32.4 Å². The molecule has 2 unspecified atom stereocenters. The highest BCUT2D eigenvalue weighted by atomic mass is 16.5. The first-order valence-corrected chi connectivity index (χ1v) is 5.62. The Kier molecular flexibility index (Phi) is 5.29. The molecule has 0 fully saturated rings. The molecule has 0 aliphatic rings. The molecule has 3 heteroatoms. The molecule has 0 saturated heterocycles. The Morgan fingerprint density at radius 3 is 2.56 bits per heavy atom. The maximum atomic E-state index is 5.80. The summed E-state index contributed by atoms with van der Waals surface area (Å²) < 4.78 is 10.9. The van der Waals surface area contributed by atoms with E-state index in [-0.39, 0.29) is 12.1 Å². The highest BCUT2D eigenvalue weighted by Crippen LogP contribution is 2.19. The Labute approximate surface area is 97.6 Å². The molecule has 0 aliphatic carbocycles. The molecule has 0 spiro atoms. The van der Waals surface area contributed by atoms with E-state index >= 15 is 0 Å². The Balaban J connectivity index is 2.63. The largest absolute Gasteiger partial charge is 0.491 e. The van der Waals surface area contributed by atoms with E-state index in [9.17, 15) is 0 Å². The second-order valence-electron chi connectivity index (χ2n) is 4.15. The van der Waals surface area contributed by atoms with Crippen LogP contribution in [0.5, 0.6) is 5.75 Å². The van der Waals surface area contributed by atoms with Crippen LogP contribution < -0.4 is 10.5 Å². The monoisotopic (exact) mass is 223 g/mol. The fourth-order valence-electron chi connectivity index (χ4n) is 1.44. The molecular weight excluding hydrogens is 202 g/mol. The van der Waals surface area contributed by atoms with Gasteiger partial charge < -0.3 is 15.2 Å². The van der Waals surface area contributed by atoms with Crippen molar-refractivity contribution in [1.29, 1.82) is 0 Å². The van der Waals surface area contributed by atoms with Gasteiger partial charge in [-0.25, -0.2) is 0 Å². The van der Waals surface area contributed by atoms with Gasteiger partial charge in [-0.05, 0) is 31.9 Å². The van der Waals surface area contributed by atoms with Gasteiger partial charge in [-0.1, -0.05) is 18.2 Å². The van der Waals surface area contributed by atoms with Crippen LogP contribution in [-0.2, 0) is 11.2 Å². The van der Waals surface area contributed by atoms with Gasteiger partial charge in [0, 0.05) is 13.2 Å². The Morgan fingerprint density at radius 1 is 1.25 bits per heavy atom. The van der Waals surface area contributed by atoms with Crippen molar-refractivity contribution >= 4 is 0 Å². The van der Waals surface area contributed by atoms with E-state index in [1.165, 1.54) is 0 Å². The van der Waals surface area contributed by atoms with E-state index in [2.05, 4.69) is 6.07 Å². The third kappa shape index (κ3) is 4.21. The number of para-hydroxylation sites is 1. The third-order valence-corrected chi connectivity index (χ3v) is 2.39. The second-order valence-corrected chi connectivity index (χ2v) is 4.15. The molecule has 2 N–H and O–H groups in total. The molecule has 3 nitrogen and oxygen atoms in total. The van der Waals surface area contributed by atoms with E-state index in [4.69, 9.17) is 15.2 Å². The molecule has 1 aromatic rings. The lowest BCUT2D eigenvalue weighted by Gasteiger charge is -2.15. The number of rotatable bonds is 6. The van der Waals surface area contributed by atoms with Gasteiger partial charge in [0.1, 0.15) is 12.4 Å². The van der Waals surface area contributed by atoms with Crippen molar-refractivity contribution in [3.8, 4) is 5.75 Å². The average Bonchev–Trinajstić information content (AvgIpc) is 2.26.